The van der Waals surface area contributed by atoms with Crippen LogP contribution in [0.15, 0.2) is 5.11 Å². The second kappa shape index (κ2) is 7.39. The van der Waals surface area contributed by atoms with E-state index in [2.05, 4.69) is 10.0 Å². The van der Waals surface area contributed by atoms with Gasteiger partial charge in [-0.15, -0.1) is 0 Å². The molecule has 0 aromatic carbocycles. The number of nitrogens with zero attached hydrogens (tertiary/aromatic N) is 3. The highest BCUT2D eigenvalue weighted by Gasteiger charge is 2.12. The zero-order chi connectivity index (χ0) is 10.1. The molecule has 6 heteroatoms. The normalized spacial score (nSPS) is 11.5. The topological polar surface area (TPSA) is 101 Å². The molecule has 0 fully saturated rings. The second-order valence-electron chi connectivity index (χ2n) is 2.46. The van der Waals surface area contributed by atoms with Gasteiger partial charge in [0.25, 0.3) is 0 Å². The standard InChI is InChI=1S/C7H14N4O2/c1-2-13-7(12)6(8)4-3-5-10-11-9/h6H,2-5,8H2,1H3/t6-/m0/s1. The summed E-state index contributed by atoms with van der Waals surface area (Å²) in [5, 5.41) is 3.32. The molecule has 0 aliphatic heterocycles. The average molecular weight is 186 g/mol. The van der Waals surface area contributed by atoms with Crippen LogP contribution in [0, 0.1) is 0 Å². The molecule has 13 heavy (non-hydrogen) atoms. The molecule has 1 atom stereocenters. The molecule has 0 aliphatic carbocycles. The first-order valence-electron chi connectivity index (χ1n) is 4.15. The van der Waals surface area contributed by atoms with Gasteiger partial charge in [-0.05, 0) is 25.3 Å². The molecule has 0 spiro atoms. The Kier molecular flexibility index (Phi) is 6.68. The number of carbonyl (C=O) groups is 1. The van der Waals surface area contributed by atoms with E-state index in [1.54, 1.807) is 6.92 Å². The van der Waals surface area contributed by atoms with E-state index in [0.29, 0.717) is 26.0 Å². The lowest BCUT2D eigenvalue weighted by molar-refractivity contribution is -0.144. The van der Waals surface area contributed by atoms with Crippen LogP contribution in [0.1, 0.15) is 19.8 Å². The lowest BCUT2D eigenvalue weighted by Gasteiger charge is -2.08. The van der Waals surface area contributed by atoms with Crippen molar-refractivity contribution < 1.29 is 9.53 Å². The first kappa shape index (κ1) is 11.7. The molecule has 0 aliphatic rings. The Morgan fingerprint density at radius 3 is 3.00 bits per heavy atom. The van der Waals surface area contributed by atoms with Crippen LogP contribution in [-0.2, 0) is 9.53 Å². The number of hydrogen-bond acceptors (Lipinski definition) is 4. The van der Waals surface area contributed by atoms with Gasteiger partial charge in [0.2, 0.25) is 0 Å². The van der Waals surface area contributed by atoms with Crippen molar-refractivity contribution in [2.24, 2.45) is 10.8 Å². The predicted molar refractivity (Wildman–Crippen MR) is 47.9 cm³/mol. The minimum atomic E-state index is -0.603. The summed E-state index contributed by atoms with van der Waals surface area (Å²) in [4.78, 5) is 13.5. The fraction of sp³-hybridized carbons (Fsp3) is 0.857. The summed E-state index contributed by atoms with van der Waals surface area (Å²) < 4.78 is 4.69. The molecule has 0 aromatic heterocycles. The minimum Gasteiger partial charge on any atom is -0.465 e. The van der Waals surface area contributed by atoms with Gasteiger partial charge in [0.15, 0.2) is 0 Å². The SMILES string of the molecule is CCOC(=O)[C@@H](N)CCCN=[N+]=[N-]. The molecule has 0 aromatic rings. The van der Waals surface area contributed by atoms with Gasteiger partial charge in [-0.3, -0.25) is 4.79 Å². The van der Waals surface area contributed by atoms with E-state index in [4.69, 9.17) is 16.0 Å². The summed E-state index contributed by atoms with van der Waals surface area (Å²) in [6.45, 7) is 2.43. The van der Waals surface area contributed by atoms with Crippen molar-refractivity contribution >= 4 is 5.97 Å². The highest BCUT2D eigenvalue weighted by molar-refractivity contribution is 5.75. The van der Waals surface area contributed by atoms with Gasteiger partial charge in [0.05, 0.1) is 6.61 Å². The number of azide groups is 1. The summed E-state index contributed by atoms with van der Waals surface area (Å²) in [6, 6.07) is -0.603. The number of hydrogen-bond donors (Lipinski definition) is 1. The van der Waals surface area contributed by atoms with E-state index in [1.807, 2.05) is 0 Å². The van der Waals surface area contributed by atoms with Gasteiger partial charge in [0, 0.05) is 11.5 Å². The van der Waals surface area contributed by atoms with Crippen molar-refractivity contribution in [3.05, 3.63) is 10.4 Å². The largest absolute Gasteiger partial charge is 0.465 e. The first-order chi connectivity index (χ1) is 6.22. The molecule has 0 saturated heterocycles. The van der Waals surface area contributed by atoms with E-state index in [1.165, 1.54) is 0 Å². The van der Waals surface area contributed by atoms with Gasteiger partial charge >= 0.3 is 5.97 Å². The van der Waals surface area contributed by atoms with E-state index in [-0.39, 0.29) is 0 Å². The third kappa shape index (κ3) is 5.95. The van der Waals surface area contributed by atoms with Crippen molar-refractivity contribution in [1.82, 2.24) is 0 Å². The zero-order valence-electron chi connectivity index (χ0n) is 7.64. The van der Waals surface area contributed by atoms with Crippen molar-refractivity contribution in [1.29, 1.82) is 0 Å². The molecule has 6 nitrogen and oxygen atoms in total. The molecule has 0 unspecified atom stereocenters. The Balaban J connectivity index is 3.54. The molecular weight excluding hydrogens is 172 g/mol. The maximum Gasteiger partial charge on any atom is 0.322 e. The summed E-state index contributed by atoms with van der Waals surface area (Å²) in [5.41, 5.74) is 13.4. The number of esters is 1. The fourth-order valence-corrected chi connectivity index (χ4v) is 0.794. The van der Waals surface area contributed by atoms with Crippen LogP contribution in [0.3, 0.4) is 0 Å². The van der Waals surface area contributed by atoms with Gasteiger partial charge in [-0.2, -0.15) is 0 Å². The monoisotopic (exact) mass is 186 g/mol. The smallest absolute Gasteiger partial charge is 0.322 e. The Morgan fingerprint density at radius 1 is 1.77 bits per heavy atom. The summed E-state index contributed by atoms with van der Waals surface area (Å²) >= 11 is 0. The fourth-order valence-electron chi connectivity index (χ4n) is 0.794. The predicted octanol–water partition coefficient (Wildman–Crippen LogP) is 0.967. The highest BCUT2D eigenvalue weighted by Crippen LogP contribution is 1.97. The second-order valence-corrected chi connectivity index (χ2v) is 2.46. The first-order valence-corrected chi connectivity index (χ1v) is 4.15. The molecule has 0 bridgehead atoms. The third-order valence-corrected chi connectivity index (χ3v) is 1.43. The Bertz CT molecular complexity index is 201. The Labute approximate surface area is 76.7 Å². The van der Waals surface area contributed by atoms with Crippen LogP contribution >= 0.6 is 0 Å². The van der Waals surface area contributed by atoms with Gasteiger partial charge < -0.3 is 10.5 Å². The Hall–Kier alpha value is -1.26. The van der Waals surface area contributed by atoms with Crippen molar-refractivity contribution in [2.75, 3.05) is 13.2 Å². The van der Waals surface area contributed by atoms with E-state index < -0.39 is 12.0 Å². The van der Waals surface area contributed by atoms with Gasteiger partial charge in [0.1, 0.15) is 6.04 Å². The summed E-state index contributed by atoms with van der Waals surface area (Å²) in [7, 11) is 0. The van der Waals surface area contributed by atoms with Crippen LogP contribution in [0.5, 0.6) is 0 Å². The minimum absolute atomic E-state index is 0.336. The van der Waals surface area contributed by atoms with E-state index >= 15 is 0 Å². The van der Waals surface area contributed by atoms with Crippen LogP contribution in [0.2, 0.25) is 0 Å². The number of nitrogens with two attached hydrogens (primary N) is 1. The van der Waals surface area contributed by atoms with Crippen molar-refractivity contribution in [3.63, 3.8) is 0 Å². The van der Waals surface area contributed by atoms with Crippen LogP contribution < -0.4 is 5.73 Å². The van der Waals surface area contributed by atoms with Gasteiger partial charge in [-0.25, -0.2) is 0 Å². The van der Waals surface area contributed by atoms with Crippen molar-refractivity contribution in [3.8, 4) is 0 Å². The maximum atomic E-state index is 11.0. The summed E-state index contributed by atoms with van der Waals surface area (Å²) in [6.07, 6.45) is 1.09. The van der Waals surface area contributed by atoms with Gasteiger partial charge in [-0.1, -0.05) is 5.11 Å². The molecule has 0 amide bonds. The molecule has 0 rings (SSSR count). The van der Waals surface area contributed by atoms with Crippen molar-refractivity contribution in [2.45, 2.75) is 25.8 Å². The summed E-state index contributed by atoms with van der Waals surface area (Å²) in [5.74, 6) is -0.400. The Morgan fingerprint density at radius 2 is 2.46 bits per heavy atom. The molecule has 0 radical (unpaired) electrons. The highest BCUT2D eigenvalue weighted by atomic mass is 16.5. The molecule has 74 valence electrons. The molecule has 0 heterocycles. The van der Waals surface area contributed by atoms with E-state index in [9.17, 15) is 4.79 Å². The molecule has 0 saturated carbocycles. The van der Waals surface area contributed by atoms with Crippen LogP contribution in [0.25, 0.3) is 10.4 Å². The zero-order valence-corrected chi connectivity index (χ0v) is 7.64. The molecular formula is C7H14N4O2. The van der Waals surface area contributed by atoms with E-state index in [0.717, 1.165) is 0 Å². The number of carbonyl (C=O) groups excluding carboxylic acids is 1. The average Bonchev–Trinajstić information content (AvgIpc) is 2.12. The van der Waals surface area contributed by atoms with Crippen LogP contribution in [-0.4, -0.2) is 25.2 Å². The maximum absolute atomic E-state index is 11.0. The molecule has 2 N–H and O–H groups in total. The number of rotatable bonds is 6. The lowest BCUT2D eigenvalue weighted by atomic mass is 10.2. The van der Waals surface area contributed by atoms with Crippen LogP contribution in [0.4, 0.5) is 0 Å². The quantitative estimate of drug-likeness (QED) is 0.220. The number of ether oxygens (including phenoxy) is 1. The lowest BCUT2D eigenvalue weighted by Crippen LogP contribution is -2.32. The third-order valence-electron chi connectivity index (χ3n) is 1.43.